The first kappa shape index (κ1) is 10.2. The summed E-state index contributed by atoms with van der Waals surface area (Å²) in [6.45, 7) is 0. The molecule has 0 aliphatic heterocycles. The predicted octanol–water partition coefficient (Wildman–Crippen LogP) is 3.17. The van der Waals surface area contributed by atoms with Crippen LogP contribution in [0.1, 0.15) is 0 Å². The SMILES string of the molecule is c1ccc(-c2n[nH]c3nc4ccccc4nc23)cc1. The van der Waals surface area contributed by atoms with E-state index in [1.165, 1.54) is 0 Å². The third kappa shape index (κ3) is 1.57. The summed E-state index contributed by atoms with van der Waals surface area (Å²) in [6, 6.07) is 17.8. The number of hydrogen-bond donors (Lipinski definition) is 1. The minimum Gasteiger partial charge on any atom is -0.259 e. The van der Waals surface area contributed by atoms with Gasteiger partial charge in [0.1, 0.15) is 11.2 Å². The molecule has 1 N–H and O–H groups in total. The zero-order valence-electron chi connectivity index (χ0n) is 10.0. The van der Waals surface area contributed by atoms with Crippen LogP contribution < -0.4 is 0 Å². The van der Waals surface area contributed by atoms with Gasteiger partial charge in [-0.1, -0.05) is 42.5 Å². The van der Waals surface area contributed by atoms with Crippen LogP contribution >= 0.6 is 0 Å². The van der Waals surface area contributed by atoms with Crippen molar-refractivity contribution in [1.29, 1.82) is 0 Å². The quantitative estimate of drug-likeness (QED) is 0.561. The molecule has 0 amide bonds. The first-order valence-electron chi connectivity index (χ1n) is 6.08. The number of benzene rings is 2. The van der Waals surface area contributed by atoms with Crippen molar-refractivity contribution in [3.8, 4) is 11.3 Å². The molecule has 19 heavy (non-hydrogen) atoms. The molecule has 0 fully saturated rings. The van der Waals surface area contributed by atoms with Crippen LogP contribution in [0.2, 0.25) is 0 Å². The molecular formula is C15H10N4. The van der Waals surface area contributed by atoms with Crippen LogP contribution in [0.15, 0.2) is 54.6 Å². The second-order valence-electron chi connectivity index (χ2n) is 4.35. The van der Waals surface area contributed by atoms with Gasteiger partial charge in [-0.05, 0) is 12.1 Å². The fourth-order valence-corrected chi connectivity index (χ4v) is 2.20. The molecule has 0 unspecified atom stereocenters. The average Bonchev–Trinajstić information content (AvgIpc) is 2.88. The number of fused-ring (bicyclic) bond motifs is 2. The number of para-hydroxylation sites is 2. The third-order valence-electron chi connectivity index (χ3n) is 3.12. The Balaban J connectivity index is 2.05. The van der Waals surface area contributed by atoms with Crippen molar-refractivity contribution in [2.45, 2.75) is 0 Å². The molecule has 0 saturated heterocycles. The lowest BCUT2D eigenvalue weighted by molar-refractivity contribution is 1.11. The van der Waals surface area contributed by atoms with Crippen LogP contribution in [0, 0.1) is 0 Å². The van der Waals surface area contributed by atoms with Gasteiger partial charge in [0, 0.05) is 5.56 Å². The molecule has 2 aromatic heterocycles. The Hall–Kier alpha value is -2.75. The van der Waals surface area contributed by atoms with E-state index >= 15 is 0 Å². The van der Waals surface area contributed by atoms with Crippen LogP contribution in [-0.2, 0) is 0 Å². The molecule has 0 aliphatic rings. The standard InChI is InChI=1S/C15H10N4/c1-2-6-10(7-3-1)13-14-15(19-18-13)17-12-9-5-4-8-11(12)16-14/h1-9H,(H,17,18,19). The lowest BCUT2D eigenvalue weighted by atomic mass is 10.1. The van der Waals surface area contributed by atoms with Gasteiger partial charge in [-0.2, -0.15) is 5.10 Å². The number of nitrogens with one attached hydrogen (secondary N) is 1. The smallest absolute Gasteiger partial charge is 0.175 e. The van der Waals surface area contributed by atoms with Gasteiger partial charge in [-0.25, -0.2) is 9.97 Å². The minimum absolute atomic E-state index is 0.720. The minimum atomic E-state index is 0.720. The molecule has 0 spiro atoms. The second kappa shape index (κ2) is 3.88. The molecule has 0 bridgehead atoms. The Bertz CT molecular complexity index is 865. The average molecular weight is 246 g/mol. The Morgan fingerprint density at radius 3 is 2.21 bits per heavy atom. The number of aromatic amines is 1. The zero-order chi connectivity index (χ0) is 12.7. The largest absolute Gasteiger partial charge is 0.259 e. The maximum atomic E-state index is 4.66. The normalized spacial score (nSPS) is 11.2. The molecule has 0 atom stereocenters. The molecule has 2 heterocycles. The number of aromatic nitrogens is 4. The van der Waals surface area contributed by atoms with Crippen LogP contribution in [0.3, 0.4) is 0 Å². The highest BCUT2D eigenvalue weighted by Gasteiger charge is 2.11. The highest BCUT2D eigenvalue weighted by atomic mass is 15.2. The molecule has 0 radical (unpaired) electrons. The van der Waals surface area contributed by atoms with Gasteiger partial charge < -0.3 is 0 Å². The summed E-state index contributed by atoms with van der Waals surface area (Å²) in [7, 11) is 0. The van der Waals surface area contributed by atoms with Gasteiger partial charge >= 0.3 is 0 Å². The van der Waals surface area contributed by atoms with Crippen molar-refractivity contribution in [2.75, 3.05) is 0 Å². The maximum Gasteiger partial charge on any atom is 0.175 e. The molecule has 0 saturated carbocycles. The number of H-pyrrole nitrogens is 1. The summed E-state index contributed by atoms with van der Waals surface area (Å²) in [5.74, 6) is 0. The van der Waals surface area contributed by atoms with Crippen LogP contribution in [0.25, 0.3) is 33.5 Å². The van der Waals surface area contributed by atoms with Crippen LogP contribution in [0.4, 0.5) is 0 Å². The molecule has 4 nitrogen and oxygen atoms in total. The van der Waals surface area contributed by atoms with Gasteiger partial charge in [-0.3, -0.25) is 5.10 Å². The van der Waals surface area contributed by atoms with Gasteiger partial charge in [0.15, 0.2) is 5.65 Å². The summed E-state index contributed by atoms with van der Waals surface area (Å²) in [5.41, 5.74) is 5.17. The number of hydrogen-bond acceptors (Lipinski definition) is 3. The van der Waals surface area contributed by atoms with E-state index in [1.54, 1.807) is 0 Å². The van der Waals surface area contributed by atoms with E-state index in [2.05, 4.69) is 20.2 Å². The van der Waals surface area contributed by atoms with Crippen molar-refractivity contribution in [3.63, 3.8) is 0 Å². The maximum absolute atomic E-state index is 4.66. The fraction of sp³-hybridized carbons (Fsp3) is 0. The van der Waals surface area contributed by atoms with Crippen LogP contribution in [0.5, 0.6) is 0 Å². The highest BCUT2D eigenvalue weighted by molar-refractivity contribution is 5.92. The molecule has 4 aromatic rings. The Kier molecular flexibility index (Phi) is 2.08. The molecule has 0 aliphatic carbocycles. The van der Waals surface area contributed by atoms with Crippen LogP contribution in [-0.4, -0.2) is 20.2 Å². The predicted molar refractivity (Wildman–Crippen MR) is 74.6 cm³/mol. The van der Waals surface area contributed by atoms with E-state index < -0.39 is 0 Å². The molecule has 2 aromatic carbocycles. The topological polar surface area (TPSA) is 54.5 Å². The molecular weight excluding hydrogens is 236 g/mol. The number of rotatable bonds is 1. The highest BCUT2D eigenvalue weighted by Crippen LogP contribution is 2.25. The van der Waals surface area contributed by atoms with E-state index in [-0.39, 0.29) is 0 Å². The molecule has 4 rings (SSSR count). The first-order valence-corrected chi connectivity index (χ1v) is 6.08. The Labute approximate surface area is 109 Å². The summed E-state index contributed by atoms with van der Waals surface area (Å²) < 4.78 is 0. The third-order valence-corrected chi connectivity index (χ3v) is 3.12. The summed E-state index contributed by atoms with van der Waals surface area (Å²) >= 11 is 0. The summed E-state index contributed by atoms with van der Waals surface area (Å²) in [6.07, 6.45) is 0. The van der Waals surface area contributed by atoms with E-state index in [0.29, 0.717) is 0 Å². The van der Waals surface area contributed by atoms with Gasteiger partial charge in [0.05, 0.1) is 11.0 Å². The van der Waals surface area contributed by atoms with Crippen molar-refractivity contribution in [3.05, 3.63) is 54.6 Å². The summed E-state index contributed by atoms with van der Waals surface area (Å²) in [4.78, 5) is 9.20. The molecule has 4 heteroatoms. The van der Waals surface area contributed by atoms with E-state index in [9.17, 15) is 0 Å². The van der Waals surface area contributed by atoms with Crippen molar-refractivity contribution in [1.82, 2.24) is 20.2 Å². The lowest BCUT2D eigenvalue weighted by Gasteiger charge is -1.98. The van der Waals surface area contributed by atoms with E-state index in [1.807, 2.05) is 54.6 Å². The van der Waals surface area contributed by atoms with Gasteiger partial charge in [0.25, 0.3) is 0 Å². The fourth-order valence-electron chi connectivity index (χ4n) is 2.20. The summed E-state index contributed by atoms with van der Waals surface area (Å²) in [5, 5.41) is 7.29. The Morgan fingerprint density at radius 2 is 1.42 bits per heavy atom. The Morgan fingerprint density at radius 1 is 0.737 bits per heavy atom. The zero-order valence-corrected chi connectivity index (χ0v) is 10.0. The van der Waals surface area contributed by atoms with Gasteiger partial charge in [-0.15, -0.1) is 0 Å². The first-order chi connectivity index (χ1) is 9.42. The lowest BCUT2D eigenvalue weighted by Crippen LogP contribution is -1.86. The second-order valence-corrected chi connectivity index (χ2v) is 4.35. The van der Waals surface area contributed by atoms with Crippen molar-refractivity contribution in [2.24, 2.45) is 0 Å². The van der Waals surface area contributed by atoms with Gasteiger partial charge in [0.2, 0.25) is 0 Å². The van der Waals surface area contributed by atoms with E-state index in [0.717, 1.165) is 33.5 Å². The van der Waals surface area contributed by atoms with Crippen molar-refractivity contribution >= 4 is 22.2 Å². The van der Waals surface area contributed by atoms with E-state index in [4.69, 9.17) is 0 Å². The van der Waals surface area contributed by atoms with Crippen molar-refractivity contribution < 1.29 is 0 Å². The molecule has 90 valence electrons. The number of nitrogens with zero attached hydrogens (tertiary/aromatic N) is 3. The monoisotopic (exact) mass is 246 g/mol.